The van der Waals surface area contributed by atoms with Gasteiger partial charge in [0.2, 0.25) is 5.75 Å². The molecule has 0 atom stereocenters. The molecule has 0 saturated heterocycles. The van der Waals surface area contributed by atoms with Crippen molar-refractivity contribution in [2.45, 2.75) is 45.4 Å². The van der Waals surface area contributed by atoms with Crippen LogP contribution in [-0.2, 0) is 4.74 Å². The van der Waals surface area contributed by atoms with Crippen molar-refractivity contribution in [3.05, 3.63) is 17.7 Å². The van der Waals surface area contributed by atoms with Gasteiger partial charge in [-0.25, -0.2) is 4.79 Å². The third kappa shape index (κ3) is 6.87. The number of unbranched alkanes of at least 4 members (excludes halogenated alkanes) is 5. The van der Waals surface area contributed by atoms with Crippen molar-refractivity contribution in [1.82, 2.24) is 0 Å². The van der Waals surface area contributed by atoms with Crippen molar-refractivity contribution in [1.29, 1.82) is 0 Å². The summed E-state index contributed by atoms with van der Waals surface area (Å²) in [5.41, 5.74) is 0.394. The molecule has 5 nitrogen and oxygen atoms in total. The number of hydrogen-bond acceptors (Lipinski definition) is 5. The standard InChI is InChI=1S/C18H28O5.ClH/c1-5-6-7-8-9-10-11-23-18(19)14-12-15(20-2)17(22-4)16(13-14)21-3;/h12-13H,5-11H2,1-4H3;1H. The molecule has 0 fully saturated rings. The first-order valence-corrected chi connectivity index (χ1v) is 8.15. The first-order valence-electron chi connectivity index (χ1n) is 8.15. The van der Waals surface area contributed by atoms with E-state index in [1.807, 2.05) is 0 Å². The Morgan fingerprint density at radius 1 is 0.875 bits per heavy atom. The van der Waals surface area contributed by atoms with Crippen LogP contribution in [0.3, 0.4) is 0 Å². The van der Waals surface area contributed by atoms with E-state index in [1.54, 1.807) is 12.1 Å². The van der Waals surface area contributed by atoms with Crippen molar-refractivity contribution in [3.8, 4) is 17.2 Å². The monoisotopic (exact) mass is 360 g/mol. The number of carbonyl (C=O) groups is 1. The van der Waals surface area contributed by atoms with E-state index in [2.05, 4.69) is 6.92 Å². The second-order valence-electron chi connectivity index (χ2n) is 5.32. The molecule has 0 aromatic heterocycles. The van der Waals surface area contributed by atoms with E-state index in [-0.39, 0.29) is 18.4 Å². The number of hydrogen-bond donors (Lipinski definition) is 0. The zero-order valence-electron chi connectivity index (χ0n) is 15.1. The van der Waals surface area contributed by atoms with Crippen LogP contribution in [0.5, 0.6) is 17.2 Å². The van der Waals surface area contributed by atoms with Crippen molar-refractivity contribution in [2.24, 2.45) is 0 Å². The van der Waals surface area contributed by atoms with Crippen molar-refractivity contribution in [2.75, 3.05) is 27.9 Å². The first kappa shape index (κ1) is 22.4. The molecule has 0 amide bonds. The molecule has 0 saturated carbocycles. The molecule has 1 rings (SSSR count). The van der Waals surface area contributed by atoms with Gasteiger partial charge in [0.15, 0.2) is 11.5 Å². The summed E-state index contributed by atoms with van der Waals surface area (Å²) < 4.78 is 21.0. The lowest BCUT2D eigenvalue weighted by Crippen LogP contribution is -2.08. The van der Waals surface area contributed by atoms with Crippen LogP contribution in [0.15, 0.2) is 12.1 Å². The minimum absolute atomic E-state index is 0. The molecule has 0 unspecified atom stereocenters. The molecule has 138 valence electrons. The highest BCUT2D eigenvalue weighted by molar-refractivity contribution is 5.91. The van der Waals surface area contributed by atoms with Gasteiger partial charge in [-0.05, 0) is 18.6 Å². The lowest BCUT2D eigenvalue weighted by atomic mass is 10.1. The summed E-state index contributed by atoms with van der Waals surface area (Å²) in [5.74, 6) is 0.969. The largest absolute Gasteiger partial charge is 0.493 e. The van der Waals surface area contributed by atoms with Crippen LogP contribution < -0.4 is 14.2 Å². The van der Waals surface area contributed by atoms with Crippen LogP contribution >= 0.6 is 12.4 Å². The third-order valence-corrected chi connectivity index (χ3v) is 3.63. The van der Waals surface area contributed by atoms with Crippen molar-refractivity contribution >= 4 is 18.4 Å². The van der Waals surface area contributed by atoms with E-state index in [1.165, 1.54) is 47.0 Å². The van der Waals surface area contributed by atoms with Gasteiger partial charge in [0.25, 0.3) is 0 Å². The van der Waals surface area contributed by atoms with Gasteiger partial charge in [0.05, 0.1) is 33.5 Å². The van der Waals surface area contributed by atoms with Crippen LogP contribution in [0.2, 0.25) is 0 Å². The first-order chi connectivity index (χ1) is 11.2. The smallest absolute Gasteiger partial charge is 0.338 e. The van der Waals surface area contributed by atoms with Gasteiger partial charge in [-0.1, -0.05) is 39.0 Å². The van der Waals surface area contributed by atoms with Crippen molar-refractivity contribution < 1.29 is 23.7 Å². The Bertz CT molecular complexity index is 465. The predicted molar refractivity (Wildman–Crippen MR) is 97.0 cm³/mol. The fraction of sp³-hybridized carbons (Fsp3) is 0.611. The topological polar surface area (TPSA) is 54.0 Å². The number of ether oxygens (including phenoxy) is 4. The number of benzene rings is 1. The van der Waals surface area contributed by atoms with Crippen LogP contribution in [0, 0.1) is 0 Å². The summed E-state index contributed by atoms with van der Waals surface area (Å²) in [4.78, 5) is 12.1. The van der Waals surface area contributed by atoms with Crippen LogP contribution in [0.1, 0.15) is 55.8 Å². The van der Waals surface area contributed by atoms with E-state index >= 15 is 0 Å². The molecule has 0 aliphatic heterocycles. The maximum absolute atomic E-state index is 12.1. The molecule has 0 heterocycles. The number of methoxy groups -OCH3 is 3. The zero-order chi connectivity index (χ0) is 17.1. The number of esters is 1. The number of halogens is 1. The molecule has 0 radical (unpaired) electrons. The fourth-order valence-electron chi connectivity index (χ4n) is 2.33. The molecule has 0 aliphatic rings. The van der Waals surface area contributed by atoms with Gasteiger partial charge in [0.1, 0.15) is 0 Å². The number of rotatable bonds is 11. The summed E-state index contributed by atoms with van der Waals surface area (Å²) in [6.07, 6.45) is 6.91. The Kier molecular flexibility index (Phi) is 11.9. The quantitative estimate of drug-likeness (QED) is 0.424. The van der Waals surface area contributed by atoms with Gasteiger partial charge in [0, 0.05) is 0 Å². The van der Waals surface area contributed by atoms with Crippen LogP contribution in [0.4, 0.5) is 0 Å². The zero-order valence-corrected chi connectivity index (χ0v) is 15.9. The highest BCUT2D eigenvalue weighted by atomic mass is 35.5. The highest BCUT2D eigenvalue weighted by Gasteiger charge is 2.17. The molecule has 1 aromatic carbocycles. The molecular weight excluding hydrogens is 332 g/mol. The summed E-state index contributed by atoms with van der Waals surface area (Å²) in [5, 5.41) is 0. The lowest BCUT2D eigenvalue weighted by molar-refractivity contribution is 0.0496. The Hall–Kier alpha value is -1.62. The summed E-state index contributed by atoms with van der Waals surface area (Å²) in [6, 6.07) is 3.20. The molecule has 0 spiro atoms. The van der Waals surface area contributed by atoms with Crippen LogP contribution in [0.25, 0.3) is 0 Å². The Morgan fingerprint density at radius 2 is 1.42 bits per heavy atom. The minimum Gasteiger partial charge on any atom is -0.493 e. The Morgan fingerprint density at radius 3 is 1.92 bits per heavy atom. The SMILES string of the molecule is CCCCCCCCOC(=O)c1cc(OC)c(OC)c(OC)c1.Cl. The van der Waals surface area contributed by atoms with Gasteiger partial charge < -0.3 is 18.9 Å². The maximum atomic E-state index is 12.1. The predicted octanol–water partition coefficient (Wildman–Crippen LogP) is 4.65. The summed E-state index contributed by atoms with van der Waals surface area (Å²) >= 11 is 0. The fourth-order valence-corrected chi connectivity index (χ4v) is 2.33. The number of carbonyl (C=O) groups excluding carboxylic acids is 1. The summed E-state index contributed by atoms with van der Waals surface area (Å²) in [6.45, 7) is 2.63. The van der Waals surface area contributed by atoms with Crippen molar-refractivity contribution in [3.63, 3.8) is 0 Å². The van der Waals surface area contributed by atoms with E-state index in [0.29, 0.717) is 29.4 Å². The molecule has 6 heteroatoms. The Labute approximate surface area is 151 Å². The molecular formula is C18H29ClO5. The van der Waals surface area contributed by atoms with Crippen LogP contribution in [-0.4, -0.2) is 33.9 Å². The normalized spacial score (nSPS) is 9.83. The summed E-state index contributed by atoms with van der Waals surface area (Å²) in [7, 11) is 4.56. The van der Waals surface area contributed by atoms with Gasteiger partial charge in [-0.2, -0.15) is 0 Å². The third-order valence-electron chi connectivity index (χ3n) is 3.63. The highest BCUT2D eigenvalue weighted by Crippen LogP contribution is 2.38. The van der Waals surface area contributed by atoms with E-state index in [9.17, 15) is 4.79 Å². The Balaban J connectivity index is 0.00000529. The van der Waals surface area contributed by atoms with Gasteiger partial charge >= 0.3 is 5.97 Å². The second-order valence-corrected chi connectivity index (χ2v) is 5.32. The van der Waals surface area contributed by atoms with Gasteiger partial charge in [-0.3, -0.25) is 0 Å². The minimum atomic E-state index is -0.377. The molecule has 0 N–H and O–H groups in total. The average Bonchev–Trinajstić information content (AvgIpc) is 2.59. The second kappa shape index (κ2) is 12.8. The maximum Gasteiger partial charge on any atom is 0.338 e. The lowest BCUT2D eigenvalue weighted by Gasteiger charge is -2.13. The van der Waals surface area contributed by atoms with E-state index < -0.39 is 0 Å². The molecule has 24 heavy (non-hydrogen) atoms. The van der Waals surface area contributed by atoms with E-state index in [0.717, 1.165) is 12.8 Å². The molecule has 1 aromatic rings. The van der Waals surface area contributed by atoms with Gasteiger partial charge in [-0.15, -0.1) is 12.4 Å². The van der Waals surface area contributed by atoms with E-state index in [4.69, 9.17) is 18.9 Å². The molecule has 0 aliphatic carbocycles. The average molecular weight is 361 g/mol. The molecule has 0 bridgehead atoms.